The highest BCUT2D eigenvalue weighted by molar-refractivity contribution is 7.50. The topological polar surface area (TPSA) is 77.8 Å². The zero-order valence-corrected chi connectivity index (χ0v) is 7.82. The number of hydrogen-bond acceptors (Lipinski definition) is 2. The maximum atomic E-state index is 10.7. The number of hydrogen-bond donors (Lipinski definition) is 3. The summed E-state index contributed by atoms with van der Waals surface area (Å²) in [6.07, 6.45) is -0.316. The molecule has 0 aliphatic rings. The fourth-order valence-electron chi connectivity index (χ4n) is 1.09. The summed E-state index contributed by atoms with van der Waals surface area (Å²) < 4.78 is 10.7. The van der Waals surface area contributed by atoms with Gasteiger partial charge in [-0.05, 0) is 11.1 Å². The Morgan fingerprint density at radius 1 is 1.15 bits per heavy atom. The third-order valence-corrected chi connectivity index (χ3v) is 2.42. The molecule has 1 aromatic rings. The molecule has 0 aromatic heterocycles. The first-order valence-corrected chi connectivity index (χ1v) is 5.55. The molecule has 0 aliphatic carbocycles. The van der Waals surface area contributed by atoms with Crippen molar-refractivity contribution in [3.05, 3.63) is 35.4 Å². The molecule has 0 bridgehead atoms. The highest BCUT2D eigenvalue weighted by Crippen LogP contribution is 2.39. The molecule has 0 amide bonds. The minimum absolute atomic E-state index is 0.198. The number of rotatable bonds is 3. The van der Waals surface area contributed by atoms with Crippen LogP contribution in [-0.2, 0) is 17.3 Å². The van der Waals surface area contributed by atoms with Gasteiger partial charge in [0.2, 0.25) is 0 Å². The van der Waals surface area contributed by atoms with E-state index in [9.17, 15) is 4.57 Å². The molecular weight excluding hydrogens is 191 g/mol. The summed E-state index contributed by atoms with van der Waals surface area (Å²) >= 11 is 0. The summed E-state index contributed by atoms with van der Waals surface area (Å²) in [5, 5.41) is 8.86. The summed E-state index contributed by atoms with van der Waals surface area (Å²) in [5.74, 6) is 0. The Bertz CT molecular complexity index is 331. The van der Waals surface area contributed by atoms with Crippen LogP contribution in [0, 0.1) is 0 Å². The highest BCUT2D eigenvalue weighted by Gasteiger charge is 2.15. The van der Waals surface area contributed by atoms with Crippen LogP contribution in [0.25, 0.3) is 0 Å². The molecule has 0 unspecified atom stereocenters. The molecule has 72 valence electrons. The Hall–Kier alpha value is -0.670. The summed E-state index contributed by atoms with van der Waals surface area (Å²) in [6.45, 7) is -0.198. The molecule has 0 spiro atoms. The number of aliphatic hydroxyl groups excluding tert-OH is 1. The molecule has 0 saturated heterocycles. The first-order valence-electron chi connectivity index (χ1n) is 3.75. The molecule has 13 heavy (non-hydrogen) atoms. The van der Waals surface area contributed by atoms with E-state index >= 15 is 0 Å². The lowest BCUT2D eigenvalue weighted by Crippen LogP contribution is -1.94. The van der Waals surface area contributed by atoms with Crippen molar-refractivity contribution in [2.75, 3.05) is 0 Å². The second-order valence-electron chi connectivity index (χ2n) is 2.75. The van der Waals surface area contributed by atoms with Crippen molar-refractivity contribution >= 4 is 7.60 Å². The molecule has 3 N–H and O–H groups in total. The zero-order valence-electron chi connectivity index (χ0n) is 6.92. The van der Waals surface area contributed by atoms with Gasteiger partial charge in [0, 0.05) is 0 Å². The molecule has 1 rings (SSSR count). The fraction of sp³-hybridized carbons (Fsp3) is 0.250. The van der Waals surface area contributed by atoms with E-state index in [0.29, 0.717) is 11.1 Å². The van der Waals surface area contributed by atoms with Crippen LogP contribution in [-0.4, -0.2) is 14.9 Å². The summed E-state index contributed by atoms with van der Waals surface area (Å²) in [4.78, 5) is 17.4. The van der Waals surface area contributed by atoms with Gasteiger partial charge in [0.25, 0.3) is 0 Å². The van der Waals surface area contributed by atoms with E-state index in [1.807, 2.05) is 0 Å². The van der Waals surface area contributed by atoms with E-state index < -0.39 is 7.60 Å². The SMILES string of the molecule is O=P(O)(O)Cc1ccccc1CO. The van der Waals surface area contributed by atoms with E-state index in [1.165, 1.54) is 0 Å². The molecule has 0 radical (unpaired) electrons. The van der Waals surface area contributed by atoms with Gasteiger partial charge in [0.15, 0.2) is 0 Å². The fourth-order valence-corrected chi connectivity index (χ4v) is 1.84. The molecule has 0 fully saturated rings. The molecule has 1 aromatic carbocycles. The van der Waals surface area contributed by atoms with E-state index in [4.69, 9.17) is 14.9 Å². The number of aliphatic hydroxyl groups is 1. The average molecular weight is 202 g/mol. The van der Waals surface area contributed by atoms with E-state index in [2.05, 4.69) is 0 Å². The van der Waals surface area contributed by atoms with Gasteiger partial charge in [-0.25, -0.2) is 0 Å². The quantitative estimate of drug-likeness (QED) is 0.635. The molecule has 0 heterocycles. The van der Waals surface area contributed by atoms with Gasteiger partial charge in [-0.15, -0.1) is 0 Å². The largest absolute Gasteiger partial charge is 0.392 e. The predicted octanol–water partition coefficient (Wildman–Crippen LogP) is 0.857. The third-order valence-electron chi connectivity index (χ3n) is 1.67. The van der Waals surface area contributed by atoms with Crippen molar-refractivity contribution in [2.24, 2.45) is 0 Å². The second-order valence-corrected chi connectivity index (χ2v) is 4.40. The van der Waals surface area contributed by atoms with E-state index in [1.54, 1.807) is 24.3 Å². The van der Waals surface area contributed by atoms with Crippen LogP contribution in [0.3, 0.4) is 0 Å². The van der Waals surface area contributed by atoms with Crippen molar-refractivity contribution < 1.29 is 19.5 Å². The first kappa shape index (κ1) is 10.4. The van der Waals surface area contributed by atoms with Crippen molar-refractivity contribution in [2.45, 2.75) is 12.8 Å². The van der Waals surface area contributed by atoms with Crippen LogP contribution < -0.4 is 0 Å². The summed E-state index contributed by atoms with van der Waals surface area (Å²) in [6, 6.07) is 6.65. The van der Waals surface area contributed by atoms with Crippen LogP contribution in [0.5, 0.6) is 0 Å². The van der Waals surface area contributed by atoms with Gasteiger partial charge in [0.1, 0.15) is 0 Å². The van der Waals surface area contributed by atoms with Crippen LogP contribution >= 0.6 is 7.60 Å². The van der Waals surface area contributed by atoms with E-state index in [-0.39, 0.29) is 12.8 Å². The third kappa shape index (κ3) is 3.28. The monoisotopic (exact) mass is 202 g/mol. The normalized spacial score (nSPS) is 11.6. The Morgan fingerprint density at radius 2 is 1.69 bits per heavy atom. The Kier molecular flexibility index (Phi) is 3.22. The average Bonchev–Trinajstić information content (AvgIpc) is 2.02. The van der Waals surface area contributed by atoms with Gasteiger partial charge in [-0.3, -0.25) is 4.57 Å². The molecule has 5 heteroatoms. The lowest BCUT2D eigenvalue weighted by atomic mass is 10.1. The van der Waals surface area contributed by atoms with Crippen molar-refractivity contribution in [1.82, 2.24) is 0 Å². The first-order chi connectivity index (χ1) is 6.03. The van der Waals surface area contributed by atoms with E-state index in [0.717, 1.165) is 0 Å². The van der Waals surface area contributed by atoms with Gasteiger partial charge in [-0.1, -0.05) is 24.3 Å². The van der Waals surface area contributed by atoms with Crippen molar-refractivity contribution in [3.63, 3.8) is 0 Å². The van der Waals surface area contributed by atoms with Crippen LogP contribution in [0.1, 0.15) is 11.1 Å². The predicted molar refractivity (Wildman–Crippen MR) is 48.1 cm³/mol. The zero-order chi connectivity index (χ0) is 9.90. The number of benzene rings is 1. The van der Waals surface area contributed by atoms with Gasteiger partial charge in [-0.2, -0.15) is 0 Å². The maximum Gasteiger partial charge on any atom is 0.329 e. The molecule has 0 aliphatic heterocycles. The summed E-state index contributed by atoms with van der Waals surface area (Å²) in [7, 11) is -4.04. The van der Waals surface area contributed by atoms with Gasteiger partial charge < -0.3 is 14.9 Å². The Labute approximate surface area is 76.0 Å². The van der Waals surface area contributed by atoms with Gasteiger partial charge in [0.05, 0.1) is 12.8 Å². The van der Waals surface area contributed by atoms with Crippen LogP contribution in [0.2, 0.25) is 0 Å². The Balaban J connectivity index is 2.94. The second kappa shape index (κ2) is 4.03. The molecule has 4 nitrogen and oxygen atoms in total. The smallest absolute Gasteiger partial charge is 0.329 e. The lowest BCUT2D eigenvalue weighted by molar-refractivity contribution is 0.280. The summed E-state index contributed by atoms with van der Waals surface area (Å²) in [5.41, 5.74) is 1.06. The Morgan fingerprint density at radius 3 is 2.15 bits per heavy atom. The highest BCUT2D eigenvalue weighted by atomic mass is 31.2. The standard InChI is InChI=1S/C8H11O4P/c9-5-7-3-1-2-4-8(7)6-13(10,11)12/h1-4,9H,5-6H2,(H2,10,11,12). The van der Waals surface area contributed by atoms with Crippen molar-refractivity contribution in [1.29, 1.82) is 0 Å². The molecule has 0 atom stereocenters. The minimum Gasteiger partial charge on any atom is -0.392 e. The lowest BCUT2D eigenvalue weighted by Gasteiger charge is -2.07. The van der Waals surface area contributed by atoms with Crippen LogP contribution in [0.4, 0.5) is 0 Å². The van der Waals surface area contributed by atoms with Gasteiger partial charge >= 0.3 is 7.60 Å². The van der Waals surface area contributed by atoms with Crippen molar-refractivity contribution in [3.8, 4) is 0 Å². The van der Waals surface area contributed by atoms with Crippen LogP contribution in [0.15, 0.2) is 24.3 Å². The maximum absolute atomic E-state index is 10.7. The molecule has 0 saturated carbocycles. The minimum atomic E-state index is -4.04. The molecular formula is C8H11O4P.